The van der Waals surface area contributed by atoms with Gasteiger partial charge in [0.2, 0.25) is 0 Å². The van der Waals surface area contributed by atoms with Crippen molar-refractivity contribution >= 4 is 17.0 Å². The summed E-state index contributed by atoms with van der Waals surface area (Å²) >= 11 is 0. The SMILES string of the molecule is Br.CCCCC=CCCC#CCCCCCC. The molecule has 0 N–H and O–H groups in total. The van der Waals surface area contributed by atoms with Gasteiger partial charge >= 0.3 is 0 Å². The summed E-state index contributed by atoms with van der Waals surface area (Å²) in [4.78, 5) is 0. The molecule has 0 spiro atoms. The Balaban J connectivity index is 0. The highest BCUT2D eigenvalue weighted by Gasteiger charge is 1.83. The standard InChI is InChI=1S/C16H28.BrH/c1-3-5-7-9-11-13-15-16-14-12-10-8-6-4-2;/h9,11H,3-8,10,12-13,15H2,1-2H3;1H. The van der Waals surface area contributed by atoms with E-state index >= 15 is 0 Å². The molecule has 0 aromatic carbocycles. The van der Waals surface area contributed by atoms with Crippen molar-refractivity contribution in [2.75, 3.05) is 0 Å². The van der Waals surface area contributed by atoms with Crippen molar-refractivity contribution in [1.29, 1.82) is 0 Å². The van der Waals surface area contributed by atoms with Gasteiger partial charge in [-0.1, -0.05) is 58.1 Å². The summed E-state index contributed by atoms with van der Waals surface area (Å²) in [5.74, 6) is 6.51. The average molecular weight is 301 g/mol. The van der Waals surface area contributed by atoms with E-state index in [1.807, 2.05) is 0 Å². The van der Waals surface area contributed by atoms with Crippen LogP contribution < -0.4 is 0 Å². The third kappa shape index (κ3) is 18.3. The lowest BCUT2D eigenvalue weighted by Crippen LogP contribution is -1.74. The van der Waals surface area contributed by atoms with Gasteiger partial charge in [-0.25, -0.2) is 0 Å². The molecule has 0 saturated carbocycles. The monoisotopic (exact) mass is 300 g/mol. The molecule has 0 unspecified atom stereocenters. The molecule has 0 heterocycles. The Labute approximate surface area is 119 Å². The normalized spacial score (nSPS) is 9.76. The van der Waals surface area contributed by atoms with Crippen LogP contribution in [-0.4, -0.2) is 0 Å². The fourth-order valence-electron chi connectivity index (χ4n) is 1.53. The zero-order chi connectivity index (χ0) is 11.9. The van der Waals surface area contributed by atoms with Gasteiger partial charge in [0.15, 0.2) is 0 Å². The van der Waals surface area contributed by atoms with Crippen molar-refractivity contribution < 1.29 is 0 Å². The fourth-order valence-corrected chi connectivity index (χ4v) is 1.53. The van der Waals surface area contributed by atoms with Crippen LogP contribution in [0.5, 0.6) is 0 Å². The molecule has 0 aliphatic carbocycles. The molecular weight excluding hydrogens is 272 g/mol. The molecule has 0 amide bonds. The van der Waals surface area contributed by atoms with Crippen molar-refractivity contribution in [2.45, 2.75) is 78.1 Å². The van der Waals surface area contributed by atoms with E-state index in [9.17, 15) is 0 Å². The summed E-state index contributed by atoms with van der Waals surface area (Å²) in [5.41, 5.74) is 0. The van der Waals surface area contributed by atoms with E-state index in [0.29, 0.717) is 0 Å². The third-order valence-corrected chi connectivity index (χ3v) is 2.61. The minimum absolute atomic E-state index is 0. The molecule has 0 saturated heterocycles. The molecule has 0 aromatic rings. The first kappa shape index (κ1) is 19.1. The maximum Gasteiger partial charge on any atom is 0.0123 e. The smallest absolute Gasteiger partial charge is 0.0123 e. The topological polar surface area (TPSA) is 0 Å². The van der Waals surface area contributed by atoms with Gasteiger partial charge in [-0.15, -0.1) is 28.8 Å². The van der Waals surface area contributed by atoms with E-state index < -0.39 is 0 Å². The predicted molar refractivity (Wildman–Crippen MR) is 84.8 cm³/mol. The maximum atomic E-state index is 3.26. The number of allylic oxidation sites excluding steroid dienone is 2. The number of halogens is 1. The first-order valence-corrected chi connectivity index (χ1v) is 7.02. The molecule has 0 aromatic heterocycles. The summed E-state index contributed by atoms with van der Waals surface area (Å²) in [5, 5.41) is 0. The molecule has 0 aliphatic rings. The van der Waals surface area contributed by atoms with Gasteiger partial charge in [-0.2, -0.15) is 0 Å². The van der Waals surface area contributed by atoms with Gasteiger partial charge in [0.05, 0.1) is 0 Å². The second-order valence-electron chi connectivity index (χ2n) is 4.32. The Morgan fingerprint density at radius 1 is 0.706 bits per heavy atom. The summed E-state index contributed by atoms with van der Waals surface area (Å²) in [7, 11) is 0. The first-order chi connectivity index (χ1) is 7.91. The van der Waals surface area contributed by atoms with Crippen molar-refractivity contribution in [3.8, 4) is 11.8 Å². The molecule has 0 nitrogen and oxygen atoms in total. The minimum atomic E-state index is 0. The van der Waals surface area contributed by atoms with Gasteiger partial charge in [-0.3, -0.25) is 0 Å². The van der Waals surface area contributed by atoms with Crippen LogP contribution in [-0.2, 0) is 0 Å². The van der Waals surface area contributed by atoms with Crippen LogP contribution in [0.2, 0.25) is 0 Å². The van der Waals surface area contributed by atoms with E-state index in [0.717, 1.165) is 19.3 Å². The van der Waals surface area contributed by atoms with E-state index in [1.165, 1.54) is 44.9 Å². The maximum absolute atomic E-state index is 3.26. The van der Waals surface area contributed by atoms with Crippen molar-refractivity contribution in [3.63, 3.8) is 0 Å². The Hall–Kier alpha value is -0.220. The van der Waals surface area contributed by atoms with Crippen LogP contribution >= 0.6 is 17.0 Å². The number of rotatable bonds is 9. The van der Waals surface area contributed by atoms with Crippen LogP contribution in [0.3, 0.4) is 0 Å². The van der Waals surface area contributed by atoms with Gasteiger partial charge in [0.1, 0.15) is 0 Å². The van der Waals surface area contributed by atoms with Gasteiger partial charge in [0, 0.05) is 12.8 Å². The first-order valence-electron chi connectivity index (χ1n) is 7.02. The van der Waals surface area contributed by atoms with Gasteiger partial charge in [0.25, 0.3) is 0 Å². The van der Waals surface area contributed by atoms with Gasteiger partial charge in [-0.05, 0) is 19.3 Å². The second kappa shape index (κ2) is 18.2. The van der Waals surface area contributed by atoms with Crippen LogP contribution in [0.25, 0.3) is 0 Å². The third-order valence-electron chi connectivity index (χ3n) is 2.61. The molecule has 0 radical (unpaired) electrons. The predicted octanol–water partition coefficient (Wildman–Crippen LogP) is 6.06. The van der Waals surface area contributed by atoms with E-state index in [1.54, 1.807) is 0 Å². The Kier molecular flexibility index (Phi) is 20.4. The summed E-state index contributed by atoms with van der Waals surface area (Å²) in [6, 6.07) is 0. The van der Waals surface area contributed by atoms with Crippen molar-refractivity contribution in [3.05, 3.63) is 12.2 Å². The molecule has 100 valence electrons. The number of hydrogen-bond donors (Lipinski definition) is 0. The molecular formula is C16H29Br. The van der Waals surface area contributed by atoms with Gasteiger partial charge < -0.3 is 0 Å². The van der Waals surface area contributed by atoms with E-state index in [4.69, 9.17) is 0 Å². The summed E-state index contributed by atoms with van der Waals surface area (Å²) in [6.45, 7) is 4.48. The van der Waals surface area contributed by atoms with Crippen LogP contribution in [0.15, 0.2) is 12.2 Å². The van der Waals surface area contributed by atoms with E-state index in [-0.39, 0.29) is 17.0 Å². The summed E-state index contributed by atoms with van der Waals surface area (Å²) < 4.78 is 0. The zero-order valence-electron chi connectivity index (χ0n) is 11.6. The molecule has 17 heavy (non-hydrogen) atoms. The zero-order valence-corrected chi connectivity index (χ0v) is 13.3. The second-order valence-corrected chi connectivity index (χ2v) is 4.32. The van der Waals surface area contributed by atoms with Crippen LogP contribution in [0.4, 0.5) is 0 Å². The molecule has 1 heteroatoms. The Morgan fingerprint density at radius 3 is 2.06 bits per heavy atom. The quantitative estimate of drug-likeness (QED) is 0.276. The number of unbranched alkanes of at least 4 members (excludes halogenated alkanes) is 7. The largest absolute Gasteiger partial charge is 0.114 e. The van der Waals surface area contributed by atoms with Crippen molar-refractivity contribution in [1.82, 2.24) is 0 Å². The highest BCUT2D eigenvalue weighted by atomic mass is 79.9. The molecule has 0 fully saturated rings. The number of hydrogen-bond acceptors (Lipinski definition) is 0. The summed E-state index contributed by atoms with van der Waals surface area (Å²) in [6.07, 6.45) is 17.0. The van der Waals surface area contributed by atoms with Crippen LogP contribution in [0.1, 0.15) is 78.1 Å². The lowest BCUT2D eigenvalue weighted by Gasteiger charge is -1.91. The Morgan fingerprint density at radius 2 is 1.35 bits per heavy atom. The minimum Gasteiger partial charge on any atom is -0.114 e. The highest BCUT2D eigenvalue weighted by molar-refractivity contribution is 8.93. The van der Waals surface area contributed by atoms with Crippen LogP contribution in [0, 0.1) is 11.8 Å². The Bertz CT molecular complexity index is 207. The van der Waals surface area contributed by atoms with E-state index in [2.05, 4.69) is 37.8 Å². The van der Waals surface area contributed by atoms with Crippen molar-refractivity contribution in [2.24, 2.45) is 0 Å². The molecule has 0 aliphatic heterocycles. The molecule has 0 rings (SSSR count). The highest BCUT2D eigenvalue weighted by Crippen LogP contribution is 2.01. The molecule has 0 bridgehead atoms. The lowest BCUT2D eigenvalue weighted by molar-refractivity contribution is 0.679. The average Bonchev–Trinajstić information content (AvgIpc) is 2.31. The fraction of sp³-hybridized carbons (Fsp3) is 0.750. The molecule has 0 atom stereocenters. The lowest BCUT2D eigenvalue weighted by atomic mass is 10.1.